The number of rotatable bonds is 3. The molecule has 1 amide bonds. The van der Waals surface area contributed by atoms with Crippen molar-refractivity contribution in [1.82, 2.24) is 15.1 Å². The molecule has 0 saturated carbocycles. The van der Waals surface area contributed by atoms with Crippen LogP contribution in [0.3, 0.4) is 0 Å². The molecule has 2 heterocycles. The van der Waals surface area contributed by atoms with Crippen molar-refractivity contribution in [3.8, 4) is 5.69 Å². The normalized spacial score (nSPS) is 18.7. The molecular formula is C15H18N4O. The van der Waals surface area contributed by atoms with Gasteiger partial charge in [0.15, 0.2) is 5.82 Å². The second-order valence-corrected chi connectivity index (χ2v) is 5.01. The molecule has 1 saturated heterocycles. The lowest BCUT2D eigenvalue weighted by Crippen LogP contribution is -2.37. The molecule has 5 heteroatoms. The first-order valence-corrected chi connectivity index (χ1v) is 6.95. The zero-order valence-electron chi connectivity index (χ0n) is 11.2. The van der Waals surface area contributed by atoms with Crippen LogP contribution in [0.1, 0.15) is 12.8 Å². The Bertz CT molecular complexity index is 573. The van der Waals surface area contributed by atoms with E-state index in [4.69, 9.17) is 0 Å². The summed E-state index contributed by atoms with van der Waals surface area (Å²) in [6.07, 6.45) is 3.85. The molecule has 5 nitrogen and oxygen atoms in total. The van der Waals surface area contributed by atoms with Crippen molar-refractivity contribution >= 4 is 11.7 Å². The molecular weight excluding hydrogens is 252 g/mol. The van der Waals surface area contributed by atoms with Crippen molar-refractivity contribution < 1.29 is 4.79 Å². The summed E-state index contributed by atoms with van der Waals surface area (Å²) in [6.45, 7) is 1.76. The molecule has 0 bridgehead atoms. The maximum Gasteiger partial charge on any atom is 0.229 e. The average molecular weight is 270 g/mol. The highest BCUT2D eigenvalue weighted by atomic mass is 16.2. The quantitative estimate of drug-likeness (QED) is 0.894. The third kappa shape index (κ3) is 2.88. The summed E-state index contributed by atoms with van der Waals surface area (Å²) in [6, 6.07) is 11.7. The Hall–Kier alpha value is -2.14. The van der Waals surface area contributed by atoms with E-state index in [1.165, 1.54) is 0 Å². The largest absolute Gasteiger partial charge is 0.316 e. The second-order valence-electron chi connectivity index (χ2n) is 5.01. The third-order valence-electron chi connectivity index (χ3n) is 3.53. The number of amides is 1. The van der Waals surface area contributed by atoms with E-state index in [1.807, 2.05) is 42.6 Å². The van der Waals surface area contributed by atoms with Crippen LogP contribution >= 0.6 is 0 Å². The molecule has 1 unspecified atom stereocenters. The van der Waals surface area contributed by atoms with Gasteiger partial charge in [0, 0.05) is 18.8 Å². The molecule has 1 fully saturated rings. The fourth-order valence-electron chi connectivity index (χ4n) is 2.42. The monoisotopic (exact) mass is 270 g/mol. The van der Waals surface area contributed by atoms with Crippen molar-refractivity contribution in [1.29, 1.82) is 0 Å². The van der Waals surface area contributed by atoms with Gasteiger partial charge in [-0.25, -0.2) is 4.68 Å². The van der Waals surface area contributed by atoms with E-state index in [9.17, 15) is 4.79 Å². The van der Waals surface area contributed by atoms with Crippen LogP contribution in [0.25, 0.3) is 5.69 Å². The highest BCUT2D eigenvalue weighted by molar-refractivity contribution is 5.91. The Balaban J connectivity index is 1.66. The van der Waals surface area contributed by atoms with E-state index in [0.29, 0.717) is 5.82 Å². The summed E-state index contributed by atoms with van der Waals surface area (Å²) in [7, 11) is 0. The van der Waals surface area contributed by atoms with Gasteiger partial charge < -0.3 is 10.6 Å². The molecule has 1 aliphatic heterocycles. The number of hydrogen-bond acceptors (Lipinski definition) is 3. The van der Waals surface area contributed by atoms with Gasteiger partial charge in [-0.05, 0) is 31.5 Å². The van der Waals surface area contributed by atoms with Crippen molar-refractivity contribution in [3.05, 3.63) is 42.6 Å². The fraction of sp³-hybridized carbons (Fsp3) is 0.333. The van der Waals surface area contributed by atoms with Gasteiger partial charge in [-0.1, -0.05) is 18.2 Å². The molecule has 1 aromatic carbocycles. The van der Waals surface area contributed by atoms with E-state index in [1.54, 1.807) is 4.68 Å². The maximum absolute atomic E-state index is 12.1. The van der Waals surface area contributed by atoms with E-state index >= 15 is 0 Å². The average Bonchev–Trinajstić information content (AvgIpc) is 2.97. The van der Waals surface area contributed by atoms with Gasteiger partial charge in [-0.15, -0.1) is 0 Å². The van der Waals surface area contributed by atoms with Gasteiger partial charge in [-0.3, -0.25) is 4.79 Å². The molecule has 0 radical (unpaired) electrons. The lowest BCUT2D eigenvalue weighted by Gasteiger charge is -2.21. The number of nitrogens with zero attached hydrogens (tertiary/aromatic N) is 2. The first-order chi connectivity index (χ1) is 9.83. The lowest BCUT2D eigenvalue weighted by atomic mass is 9.99. The molecule has 1 aromatic heterocycles. The summed E-state index contributed by atoms with van der Waals surface area (Å²) in [5.74, 6) is 0.700. The van der Waals surface area contributed by atoms with Gasteiger partial charge in [0.1, 0.15) is 0 Å². The van der Waals surface area contributed by atoms with Crippen LogP contribution in [0.2, 0.25) is 0 Å². The summed E-state index contributed by atoms with van der Waals surface area (Å²) >= 11 is 0. The number of benzene rings is 1. The minimum absolute atomic E-state index is 0.0469. The molecule has 1 atom stereocenters. The van der Waals surface area contributed by atoms with Gasteiger partial charge in [0.25, 0.3) is 0 Å². The van der Waals surface area contributed by atoms with Crippen LogP contribution in [0.15, 0.2) is 42.6 Å². The number of para-hydroxylation sites is 1. The summed E-state index contributed by atoms with van der Waals surface area (Å²) in [4.78, 5) is 12.1. The molecule has 3 rings (SSSR count). The number of hydrogen-bond donors (Lipinski definition) is 2. The van der Waals surface area contributed by atoms with E-state index < -0.39 is 0 Å². The van der Waals surface area contributed by atoms with Crippen LogP contribution in [-0.4, -0.2) is 28.8 Å². The minimum atomic E-state index is 0.0469. The van der Waals surface area contributed by atoms with Crippen LogP contribution in [0.4, 0.5) is 5.82 Å². The molecule has 0 spiro atoms. The molecule has 1 aliphatic rings. The molecule has 104 valence electrons. The van der Waals surface area contributed by atoms with Crippen molar-refractivity contribution in [2.45, 2.75) is 12.8 Å². The number of anilines is 1. The predicted molar refractivity (Wildman–Crippen MR) is 77.8 cm³/mol. The number of nitrogens with one attached hydrogen (secondary N) is 2. The van der Waals surface area contributed by atoms with Crippen molar-refractivity contribution in [3.63, 3.8) is 0 Å². The molecule has 20 heavy (non-hydrogen) atoms. The Labute approximate surface area is 118 Å². The predicted octanol–water partition coefficient (Wildman–Crippen LogP) is 1.81. The Morgan fingerprint density at radius 2 is 2.15 bits per heavy atom. The molecule has 2 aromatic rings. The van der Waals surface area contributed by atoms with Crippen molar-refractivity contribution in [2.24, 2.45) is 5.92 Å². The van der Waals surface area contributed by atoms with Crippen LogP contribution in [0.5, 0.6) is 0 Å². The zero-order valence-corrected chi connectivity index (χ0v) is 11.2. The smallest absolute Gasteiger partial charge is 0.229 e. The standard InChI is InChI=1S/C15H18N4O/c20-15(12-5-4-9-16-11-12)17-14-8-10-19(18-14)13-6-2-1-3-7-13/h1-3,6-8,10,12,16H,4-5,9,11H2,(H,17,18,20). The minimum Gasteiger partial charge on any atom is -0.316 e. The Morgan fingerprint density at radius 3 is 2.90 bits per heavy atom. The van der Waals surface area contributed by atoms with Gasteiger partial charge in [-0.2, -0.15) is 5.10 Å². The molecule has 0 aliphatic carbocycles. The second kappa shape index (κ2) is 5.88. The van der Waals surface area contributed by atoms with Crippen LogP contribution < -0.4 is 10.6 Å². The first-order valence-electron chi connectivity index (χ1n) is 6.95. The summed E-state index contributed by atoms with van der Waals surface area (Å²) in [5, 5.41) is 10.5. The van der Waals surface area contributed by atoms with Gasteiger partial charge >= 0.3 is 0 Å². The highest BCUT2D eigenvalue weighted by Gasteiger charge is 2.21. The van der Waals surface area contributed by atoms with Gasteiger partial charge in [0.2, 0.25) is 5.91 Å². The molecule has 2 N–H and O–H groups in total. The van der Waals surface area contributed by atoms with Crippen LogP contribution in [-0.2, 0) is 4.79 Å². The summed E-state index contributed by atoms with van der Waals surface area (Å²) in [5.41, 5.74) is 0.979. The lowest BCUT2D eigenvalue weighted by molar-refractivity contribution is -0.120. The van der Waals surface area contributed by atoms with E-state index in [2.05, 4.69) is 15.7 Å². The van der Waals surface area contributed by atoms with E-state index in [-0.39, 0.29) is 11.8 Å². The van der Waals surface area contributed by atoms with Crippen LogP contribution in [0, 0.1) is 5.92 Å². The SMILES string of the molecule is O=C(Nc1ccn(-c2ccccc2)n1)C1CCCNC1. The summed E-state index contributed by atoms with van der Waals surface area (Å²) < 4.78 is 1.76. The Kier molecular flexibility index (Phi) is 3.78. The maximum atomic E-state index is 12.1. The Morgan fingerprint density at radius 1 is 1.30 bits per heavy atom. The fourth-order valence-corrected chi connectivity index (χ4v) is 2.42. The zero-order chi connectivity index (χ0) is 13.8. The number of carbonyl (C=O) groups is 1. The number of piperidine rings is 1. The third-order valence-corrected chi connectivity index (χ3v) is 3.53. The first kappa shape index (κ1) is 12.9. The van der Waals surface area contributed by atoms with Crippen molar-refractivity contribution in [2.75, 3.05) is 18.4 Å². The van der Waals surface area contributed by atoms with E-state index in [0.717, 1.165) is 31.6 Å². The number of aromatic nitrogens is 2. The highest BCUT2D eigenvalue weighted by Crippen LogP contribution is 2.14. The van der Waals surface area contributed by atoms with Gasteiger partial charge in [0.05, 0.1) is 11.6 Å². The topological polar surface area (TPSA) is 59.0 Å². The number of carbonyl (C=O) groups excluding carboxylic acids is 1.